The number of ether oxygens (including phenoxy) is 2. The number of para-hydroxylation sites is 1. The van der Waals surface area contributed by atoms with E-state index in [0.717, 1.165) is 6.42 Å². The van der Waals surface area contributed by atoms with Gasteiger partial charge in [-0.1, -0.05) is 50.8 Å². The molecule has 0 saturated heterocycles. The Bertz CT molecular complexity index is 570. The second kappa shape index (κ2) is 8.51. The van der Waals surface area contributed by atoms with Crippen LogP contribution in [0.1, 0.15) is 55.8 Å². The number of carbonyl (C=O) groups excluding carboxylic acids is 2. The van der Waals surface area contributed by atoms with Crippen LogP contribution in [0.3, 0.4) is 0 Å². The van der Waals surface area contributed by atoms with Crippen LogP contribution in [0.4, 0.5) is 0 Å². The van der Waals surface area contributed by atoms with E-state index in [9.17, 15) is 9.59 Å². The molecule has 0 heterocycles. The summed E-state index contributed by atoms with van der Waals surface area (Å²) in [5.74, 6) is -0.130. The molecule has 0 unspecified atom stereocenters. The Morgan fingerprint density at radius 2 is 1.87 bits per heavy atom. The predicted molar refractivity (Wildman–Crippen MR) is 88.4 cm³/mol. The molecule has 0 N–H and O–H groups in total. The first-order valence-electron chi connectivity index (χ1n) is 8.21. The zero-order valence-electron chi connectivity index (χ0n) is 13.7. The van der Waals surface area contributed by atoms with Crippen LogP contribution in [0.5, 0.6) is 5.75 Å². The van der Waals surface area contributed by atoms with Gasteiger partial charge in [0.1, 0.15) is 11.3 Å². The van der Waals surface area contributed by atoms with Crippen molar-refractivity contribution in [3.63, 3.8) is 0 Å². The van der Waals surface area contributed by atoms with Crippen molar-refractivity contribution in [1.29, 1.82) is 0 Å². The number of hydrogen-bond acceptors (Lipinski definition) is 4. The Morgan fingerprint density at radius 3 is 2.57 bits per heavy atom. The van der Waals surface area contributed by atoms with Crippen molar-refractivity contribution >= 4 is 11.9 Å². The molecule has 1 fully saturated rings. The molecule has 1 aliphatic carbocycles. The van der Waals surface area contributed by atoms with Crippen molar-refractivity contribution in [1.82, 2.24) is 0 Å². The zero-order valence-corrected chi connectivity index (χ0v) is 13.7. The monoisotopic (exact) mass is 316 g/mol. The topological polar surface area (TPSA) is 52.6 Å². The molecule has 1 aromatic carbocycles. The highest BCUT2D eigenvalue weighted by Gasteiger charge is 2.18. The second-order valence-corrected chi connectivity index (χ2v) is 6.09. The van der Waals surface area contributed by atoms with E-state index in [1.807, 2.05) is 0 Å². The van der Waals surface area contributed by atoms with Gasteiger partial charge in [0.05, 0.1) is 6.61 Å². The first kappa shape index (κ1) is 17.3. The van der Waals surface area contributed by atoms with E-state index in [1.165, 1.54) is 32.1 Å². The first-order chi connectivity index (χ1) is 11.1. The van der Waals surface area contributed by atoms with Gasteiger partial charge in [0, 0.05) is 5.57 Å². The molecule has 0 spiro atoms. The Kier molecular flexibility index (Phi) is 6.39. The molecule has 1 aromatic rings. The highest BCUT2D eigenvalue weighted by atomic mass is 16.5. The Hall–Kier alpha value is -2.10. The number of carbonyl (C=O) groups is 2. The summed E-state index contributed by atoms with van der Waals surface area (Å²) in [6.45, 7) is 5.51. The fourth-order valence-corrected chi connectivity index (χ4v) is 2.78. The quantitative estimate of drug-likeness (QED) is 0.446. The normalized spacial score (nSPS) is 15.0. The second-order valence-electron chi connectivity index (χ2n) is 6.09. The van der Waals surface area contributed by atoms with Gasteiger partial charge in [0.15, 0.2) is 0 Å². The summed E-state index contributed by atoms with van der Waals surface area (Å²) in [5.41, 5.74) is 0.552. The lowest BCUT2D eigenvalue weighted by atomic mass is 9.87. The van der Waals surface area contributed by atoms with Crippen LogP contribution in [0, 0.1) is 5.92 Å². The van der Waals surface area contributed by atoms with Crippen LogP contribution in [0.2, 0.25) is 0 Å². The van der Waals surface area contributed by atoms with Crippen LogP contribution in [-0.4, -0.2) is 18.5 Å². The van der Waals surface area contributed by atoms with Crippen LogP contribution in [0.15, 0.2) is 36.4 Å². The van der Waals surface area contributed by atoms with E-state index in [4.69, 9.17) is 9.47 Å². The fraction of sp³-hybridized carbons (Fsp3) is 0.474. The summed E-state index contributed by atoms with van der Waals surface area (Å²) in [7, 11) is 0. The molecule has 0 aromatic heterocycles. The third-order valence-corrected chi connectivity index (χ3v) is 4.14. The highest BCUT2D eigenvalue weighted by Crippen LogP contribution is 2.26. The minimum atomic E-state index is -0.549. The third-order valence-electron chi connectivity index (χ3n) is 4.14. The maximum Gasteiger partial charge on any atom is 0.341 e. The van der Waals surface area contributed by atoms with Gasteiger partial charge < -0.3 is 9.47 Å². The van der Waals surface area contributed by atoms with Gasteiger partial charge in [0.25, 0.3) is 0 Å². The van der Waals surface area contributed by atoms with Crippen LogP contribution in [-0.2, 0) is 9.53 Å². The Labute approximate surface area is 137 Å². The number of benzene rings is 1. The predicted octanol–water partition coefficient (Wildman–Crippen LogP) is 4.30. The average molecular weight is 316 g/mol. The van der Waals surface area contributed by atoms with E-state index in [1.54, 1.807) is 31.2 Å². The molecule has 0 amide bonds. The Morgan fingerprint density at radius 1 is 1.17 bits per heavy atom. The maximum atomic E-state index is 12.2. The lowest BCUT2D eigenvalue weighted by Crippen LogP contribution is -2.15. The molecule has 0 aliphatic heterocycles. The van der Waals surface area contributed by atoms with Gasteiger partial charge in [-0.3, -0.25) is 0 Å². The van der Waals surface area contributed by atoms with E-state index < -0.39 is 11.9 Å². The molecule has 1 aliphatic rings. The van der Waals surface area contributed by atoms with Crippen molar-refractivity contribution in [3.05, 3.63) is 42.0 Å². The molecule has 0 atom stereocenters. The zero-order chi connectivity index (χ0) is 16.7. The summed E-state index contributed by atoms with van der Waals surface area (Å²) >= 11 is 0. The lowest BCUT2D eigenvalue weighted by Gasteiger charge is -2.21. The van der Waals surface area contributed by atoms with E-state index in [-0.39, 0.29) is 16.9 Å². The molecule has 124 valence electrons. The van der Waals surface area contributed by atoms with Crippen molar-refractivity contribution in [2.75, 3.05) is 6.61 Å². The number of rotatable bonds is 6. The number of hydrogen-bond donors (Lipinski definition) is 0. The lowest BCUT2D eigenvalue weighted by molar-refractivity contribution is -0.130. The minimum Gasteiger partial charge on any atom is -0.462 e. The molecular weight excluding hydrogens is 292 g/mol. The van der Waals surface area contributed by atoms with Crippen LogP contribution >= 0.6 is 0 Å². The van der Waals surface area contributed by atoms with Gasteiger partial charge in [-0.15, -0.1) is 0 Å². The maximum absolute atomic E-state index is 12.2. The summed E-state index contributed by atoms with van der Waals surface area (Å²) < 4.78 is 10.5. The van der Waals surface area contributed by atoms with E-state index >= 15 is 0 Å². The summed E-state index contributed by atoms with van der Waals surface area (Å²) in [4.78, 5) is 23.9. The standard InChI is InChI=1S/C19H24O4/c1-14(2)18(20)23-17-11-7-6-10-16(17)19(21)22-13-12-15-8-4-3-5-9-15/h6-7,10-11,15H,1,3-5,8-9,12-13H2,2H3. The molecule has 4 nitrogen and oxygen atoms in total. The molecule has 4 heteroatoms. The fourth-order valence-electron chi connectivity index (χ4n) is 2.78. The van der Waals surface area contributed by atoms with Crippen LogP contribution in [0.25, 0.3) is 0 Å². The summed E-state index contributed by atoms with van der Waals surface area (Å²) in [6.07, 6.45) is 7.22. The van der Waals surface area contributed by atoms with Crippen molar-refractivity contribution in [2.24, 2.45) is 5.92 Å². The SMILES string of the molecule is C=C(C)C(=O)Oc1ccccc1C(=O)OCCC1CCCCC1. The minimum absolute atomic E-state index is 0.211. The van der Waals surface area contributed by atoms with Gasteiger partial charge >= 0.3 is 11.9 Å². The van der Waals surface area contributed by atoms with Crippen molar-refractivity contribution in [2.45, 2.75) is 45.4 Å². The Balaban J connectivity index is 1.90. The van der Waals surface area contributed by atoms with Gasteiger partial charge in [-0.05, 0) is 31.4 Å². The van der Waals surface area contributed by atoms with Crippen molar-refractivity contribution < 1.29 is 19.1 Å². The molecule has 0 bridgehead atoms. The number of esters is 2. The molecule has 2 rings (SSSR count). The molecule has 0 radical (unpaired) electrons. The van der Waals surface area contributed by atoms with Crippen LogP contribution < -0.4 is 4.74 Å². The largest absolute Gasteiger partial charge is 0.462 e. The third kappa shape index (κ3) is 5.23. The summed E-state index contributed by atoms with van der Waals surface area (Å²) in [5, 5.41) is 0. The highest BCUT2D eigenvalue weighted by molar-refractivity contribution is 5.95. The van der Waals surface area contributed by atoms with Crippen molar-refractivity contribution in [3.8, 4) is 5.75 Å². The molecule has 23 heavy (non-hydrogen) atoms. The van der Waals surface area contributed by atoms with Gasteiger partial charge in [-0.25, -0.2) is 9.59 Å². The van der Waals surface area contributed by atoms with Gasteiger partial charge in [-0.2, -0.15) is 0 Å². The molecular formula is C19H24O4. The smallest absolute Gasteiger partial charge is 0.341 e. The van der Waals surface area contributed by atoms with E-state index in [2.05, 4.69) is 6.58 Å². The first-order valence-corrected chi connectivity index (χ1v) is 8.21. The molecule has 1 saturated carbocycles. The average Bonchev–Trinajstić information content (AvgIpc) is 2.56. The van der Waals surface area contributed by atoms with Gasteiger partial charge in [0.2, 0.25) is 0 Å². The summed E-state index contributed by atoms with van der Waals surface area (Å²) in [6, 6.07) is 6.61. The van der Waals surface area contributed by atoms with E-state index in [0.29, 0.717) is 12.5 Å².